The summed E-state index contributed by atoms with van der Waals surface area (Å²) >= 11 is 0. The van der Waals surface area contributed by atoms with E-state index in [0.717, 1.165) is 0 Å². The minimum atomic E-state index is -1.07. The minimum absolute atomic E-state index is 0.279. The quantitative estimate of drug-likeness (QED) is 0.311. The molecule has 0 aliphatic heterocycles. The van der Waals surface area contributed by atoms with Crippen LogP contribution in [-0.2, 0) is 4.79 Å². The highest BCUT2D eigenvalue weighted by atomic mass is 16.3. The van der Waals surface area contributed by atoms with Crippen LogP contribution in [0.25, 0.3) is 0 Å². The van der Waals surface area contributed by atoms with Crippen LogP contribution in [0.15, 0.2) is 47.0 Å². The zero-order valence-corrected chi connectivity index (χ0v) is 8.60. The molecule has 6 heteroatoms. The van der Waals surface area contributed by atoms with Gasteiger partial charge in [-0.1, -0.05) is 18.2 Å². The largest absolute Gasteiger partial charge is 0.510 e. The smallest absolute Gasteiger partial charge is 0.337 e. The Morgan fingerprint density at radius 3 is 2.44 bits per heavy atom. The second-order valence-electron chi connectivity index (χ2n) is 2.97. The number of amides is 1. The highest BCUT2D eigenvalue weighted by molar-refractivity contribution is 5.93. The molecule has 0 heterocycles. The summed E-state index contributed by atoms with van der Waals surface area (Å²) in [5.74, 6) is -1.38. The average molecular weight is 221 g/mol. The number of nitroso groups, excluding NO2 is 1. The van der Waals surface area contributed by atoms with Crippen LogP contribution >= 0.6 is 0 Å². The van der Waals surface area contributed by atoms with Crippen molar-refractivity contribution in [2.75, 3.05) is 5.43 Å². The maximum Gasteiger partial charge on any atom is 0.337 e. The standard InChI is InChI=1S/C10H11N3O3/c1-7(14)9(10(15)13-16)12-11-8-5-3-2-4-6-8/h2-6,11-12,14H,1H3/b9-7-. The van der Waals surface area contributed by atoms with Crippen molar-refractivity contribution in [1.82, 2.24) is 5.43 Å². The highest BCUT2D eigenvalue weighted by Gasteiger charge is 2.12. The molecule has 3 N–H and O–H groups in total. The van der Waals surface area contributed by atoms with Gasteiger partial charge in [0.25, 0.3) is 0 Å². The van der Waals surface area contributed by atoms with Crippen LogP contribution in [0, 0.1) is 4.91 Å². The molecule has 0 bridgehead atoms. The number of hydrogen-bond donors (Lipinski definition) is 3. The van der Waals surface area contributed by atoms with Crippen LogP contribution in [0.1, 0.15) is 6.92 Å². The van der Waals surface area contributed by atoms with Gasteiger partial charge in [0.05, 0.1) is 5.69 Å². The van der Waals surface area contributed by atoms with Gasteiger partial charge in [-0.25, -0.2) is 0 Å². The number of carbonyl (C=O) groups excluding carboxylic acids is 1. The first-order chi connectivity index (χ1) is 7.65. The average Bonchev–Trinajstić information content (AvgIpc) is 2.30. The number of aliphatic hydroxyl groups excluding tert-OH is 1. The molecular formula is C10H11N3O3. The first-order valence-electron chi connectivity index (χ1n) is 4.49. The monoisotopic (exact) mass is 221 g/mol. The number of nitrogens with zero attached hydrogens (tertiary/aromatic N) is 1. The molecule has 0 aliphatic carbocycles. The second kappa shape index (κ2) is 5.50. The van der Waals surface area contributed by atoms with Gasteiger partial charge < -0.3 is 10.5 Å². The molecule has 0 saturated carbocycles. The number of anilines is 1. The SMILES string of the molecule is C/C(O)=C(/NNc1ccccc1)C(=O)N=O. The van der Waals surface area contributed by atoms with Crippen molar-refractivity contribution in [1.29, 1.82) is 0 Å². The van der Waals surface area contributed by atoms with E-state index < -0.39 is 5.91 Å². The van der Waals surface area contributed by atoms with Crippen LogP contribution in [0.2, 0.25) is 0 Å². The molecule has 84 valence electrons. The summed E-state index contributed by atoms with van der Waals surface area (Å²) in [6, 6.07) is 8.90. The number of benzene rings is 1. The number of para-hydroxylation sites is 1. The third-order valence-electron chi connectivity index (χ3n) is 1.76. The van der Waals surface area contributed by atoms with Gasteiger partial charge in [0, 0.05) is 5.18 Å². The zero-order valence-electron chi connectivity index (χ0n) is 8.60. The van der Waals surface area contributed by atoms with E-state index in [4.69, 9.17) is 5.11 Å². The summed E-state index contributed by atoms with van der Waals surface area (Å²) in [4.78, 5) is 21.0. The van der Waals surface area contributed by atoms with Gasteiger partial charge in [-0.2, -0.15) is 0 Å². The van der Waals surface area contributed by atoms with E-state index in [1.54, 1.807) is 24.3 Å². The Labute approximate surface area is 91.9 Å². The number of hydrogen-bond acceptors (Lipinski definition) is 5. The summed E-state index contributed by atoms with van der Waals surface area (Å²) in [7, 11) is 0. The molecule has 0 aliphatic rings. The van der Waals surface area contributed by atoms with Crippen LogP contribution in [0.4, 0.5) is 5.69 Å². The van der Waals surface area contributed by atoms with Gasteiger partial charge in [-0.15, -0.1) is 4.91 Å². The third kappa shape index (κ3) is 3.09. The van der Waals surface area contributed by atoms with Crippen LogP contribution in [0.3, 0.4) is 0 Å². The third-order valence-corrected chi connectivity index (χ3v) is 1.76. The van der Waals surface area contributed by atoms with E-state index in [0.29, 0.717) is 5.69 Å². The summed E-state index contributed by atoms with van der Waals surface area (Å²) in [6.07, 6.45) is 0. The molecule has 0 unspecified atom stereocenters. The van der Waals surface area contributed by atoms with Gasteiger partial charge in [-0.05, 0) is 19.1 Å². The van der Waals surface area contributed by atoms with Crippen LogP contribution in [0.5, 0.6) is 0 Å². The fourth-order valence-electron chi connectivity index (χ4n) is 1.00. The molecule has 0 radical (unpaired) electrons. The Hall–Kier alpha value is -2.37. The predicted octanol–water partition coefficient (Wildman–Crippen LogP) is 1.69. The van der Waals surface area contributed by atoms with Crippen molar-refractivity contribution in [3.8, 4) is 0 Å². The fourth-order valence-corrected chi connectivity index (χ4v) is 1.00. The van der Waals surface area contributed by atoms with Crippen molar-refractivity contribution in [2.24, 2.45) is 5.18 Å². The zero-order chi connectivity index (χ0) is 12.0. The van der Waals surface area contributed by atoms with Crippen molar-refractivity contribution in [3.63, 3.8) is 0 Å². The Balaban J connectivity index is 2.69. The van der Waals surface area contributed by atoms with Crippen LogP contribution in [-0.4, -0.2) is 11.0 Å². The molecule has 0 spiro atoms. The molecule has 0 atom stereocenters. The Morgan fingerprint density at radius 2 is 1.94 bits per heavy atom. The van der Waals surface area contributed by atoms with E-state index >= 15 is 0 Å². The summed E-state index contributed by atoms with van der Waals surface area (Å²) in [5, 5.41) is 11.4. The lowest BCUT2D eigenvalue weighted by atomic mass is 10.3. The molecule has 0 saturated heterocycles. The number of carbonyl (C=O) groups is 1. The molecule has 1 rings (SSSR count). The van der Waals surface area contributed by atoms with E-state index in [9.17, 15) is 9.70 Å². The first-order valence-corrected chi connectivity index (χ1v) is 4.49. The normalized spacial score (nSPS) is 11.3. The first kappa shape index (κ1) is 11.7. The molecule has 1 aromatic rings. The Kier molecular flexibility index (Phi) is 4.02. The van der Waals surface area contributed by atoms with Gasteiger partial charge in [0.2, 0.25) is 0 Å². The molecule has 0 fully saturated rings. The van der Waals surface area contributed by atoms with Crippen molar-refractivity contribution < 1.29 is 9.90 Å². The van der Waals surface area contributed by atoms with E-state index in [-0.39, 0.29) is 11.5 Å². The lowest BCUT2D eigenvalue weighted by Crippen LogP contribution is -2.26. The molecule has 0 aromatic heterocycles. The van der Waals surface area contributed by atoms with Gasteiger partial charge in [-0.3, -0.25) is 10.2 Å². The molecule has 6 nitrogen and oxygen atoms in total. The number of nitrogens with one attached hydrogen (secondary N) is 2. The lowest BCUT2D eigenvalue weighted by Gasteiger charge is -2.10. The second-order valence-corrected chi connectivity index (χ2v) is 2.97. The summed E-state index contributed by atoms with van der Waals surface area (Å²) in [6.45, 7) is 1.28. The minimum Gasteiger partial charge on any atom is -0.510 e. The molecule has 1 amide bonds. The van der Waals surface area contributed by atoms with Gasteiger partial charge in [0.1, 0.15) is 5.76 Å². The topological polar surface area (TPSA) is 90.8 Å². The molecule has 1 aromatic carbocycles. The van der Waals surface area contributed by atoms with Crippen molar-refractivity contribution in [2.45, 2.75) is 6.92 Å². The Bertz CT molecular complexity index is 411. The van der Waals surface area contributed by atoms with Crippen molar-refractivity contribution in [3.05, 3.63) is 46.7 Å². The predicted molar refractivity (Wildman–Crippen MR) is 59.3 cm³/mol. The highest BCUT2D eigenvalue weighted by Crippen LogP contribution is 2.05. The molecule has 16 heavy (non-hydrogen) atoms. The maximum atomic E-state index is 11.0. The van der Waals surface area contributed by atoms with E-state index in [2.05, 4.69) is 16.0 Å². The maximum absolute atomic E-state index is 11.0. The molecular weight excluding hydrogens is 210 g/mol. The van der Waals surface area contributed by atoms with Gasteiger partial charge >= 0.3 is 5.91 Å². The van der Waals surface area contributed by atoms with Crippen LogP contribution < -0.4 is 10.9 Å². The number of aliphatic hydroxyl groups is 1. The van der Waals surface area contributed by atoms with E-state index in [1.807, 2.05) is 6.07 Å². The van der Waals surface area contributed by atoms with Crippen molar-refractivity contribution >= 4 is 11.6 Å². The summed E-state index contributed by atoms with van der Waals surface area (Å²) < 4.78 is 0. The number of allylic oxidation sites excluding steroid dienone is 1. The fraction of sp³-hybridized carbons (Fsp3) is 0.100. The summed E-state index contributed by atoms with van der Waals surface area (Å²) in [5.41, 5.74) is 5.48. The van der Waals surface area contributed by atoms with Gasteiger partial charge in [0.15, 0.2) is 5.70 Å². The number of hydrazine groups is 1. The Morgan fingerprint density at radius 1 is 1.31 bits per heavy atom. The van der Waals surface area contributed by atoms with E-state index in [1.165, 1.54) is 6.92 Å². The number of rotatable bonds is 4. The lowest BCUT2D eigenvalue weighted by molar-refractivity contribution is -0.115.